The van der Waals surface area contributed by atoms with Crippen molar-refractivity contribution in [2.45, 2.75) is 26.8 Å². The topological polar surface area (TPSA) is 59.1 Å². The molecule has 1 heterocycles. The molecule has 0 radical (unpaired) electrons. The number of rotatable bonds is 7. The maximum absolute atomic E-state index is 13.4. The molecule has 96 valence electrons. The van der Waals surface area contributed by atoms with E-state index in [-0.39, 0.29) is 11.9 Å². The van der Waals surface area contributed by atoms with Crippen LogP contribution in [-0.4, -0.2) is 35.8 Å². The van der Waals surface area contributed by atoms with E-state index in [1.54, 1.807) is 0 Å². The van der Waals surface area contributed by atoms with E-state index in [1.807, 2.05) is 20.8 Å². The highest BCUT2D eigenvalue weighted by Crippen LogP contribution is 2.12. The van der Waals surface area contributed by atoms with Crippen LogP contribution in [0.1, 0.15) is 20.8 Å². The number of anilines is 2. The zero-order chi connectivity index (χ0) is 12.7. The fourth-order valence-electron chi connectivity index (χ4n) is 1.28. The second-order valence-electron chi connectivity index (χ2n) is 3.63. The summed E-state index contributed by atoms with van der Waals surface area (Å²) in [6.45, 7) is 7.60. The van der Waals surface area contributed by atoms with Crippen LogP contribution in [0.3, 0.4) is 0 Å². The molecule has 0 fully saturated rings. The number of nitrogens with one attached hydrogen (secondary N) is 2. The number of ether oxygens (including phenoxy) is 1. The average molecular weight is 242 g/mol. The van der Waals surface area contributed by atoms with Crippen molar-refractivity contribution in [2.75, 3.05) is 30.4 Å². The van der Waals surface area contributed by atoms with Crippen molar-refractivity contribution in [3.63, 3.8) is 0 Å². The van der Waals surface area contributed by atoms with Crippen molar-refractivity contribution in [3.8, 4) is 0 Å². The van der Waals surface area contributed by atoms with E-state index < -0.39 is 5.82 Å². The van der Waals surface area contributed by atoms with Crippen LogP contribution in [0.5, 0.6) is 0 Å². The van der Waals surface area contributed by atoms with E-state index in [0.29, 0.717) is 25.7 Å². The van der Waals surface area contributed by atoms with E-state index in [2.05, 4.69) is 20.6 Å². The molecule has 1 atom stereocenters. The summed E-state index contributed by atoms with van der Waals surface area (Å²) in [4.78, 5) is 7.88. The Balaban J connectivity index is 2.64. The van der Waals surface area contributed by atoms with Gasteiger partial charge in [0.15, 0.2) is 11.6 Å². The second kappa shape index (κ2) is 7.01. The standard InChI is InChI=1S/C11H19FN4O/c1-4-13-11-14-6-9(12)10(16-11)15-8(3)7-17-5-2/h6,8H,4-5,7H2,1-3H3,(H2,13,14,15,16). The Kier molecular flexibility index (Phi) is 5.62. The molecule has 1 aromatic heterocycles. The summed E-state index contributed by atoms with van der Waals surface area (Å²) in [5.74, 6) is 0.151. The van der Waals surface area contributed by atoms with Gasteiger partial charge in [0.1, 0.15) is 0 Å². The van der Waals surface area contributed by atoms with Crippen molar-refractivity contribution in [1.82, 2.24) is 9.97 Å². The minimum atomic E-state index is -0.463. The van der Waals surface area contributed by atoms with Crippen LogP contribution >= 0.6 is 0 Å². The first-order valence-electron chi connectivity index (χ1n) is 5.78. The van der Waals surface area contributed by atoms with Crippen LogP contribution < -0.4 is 10.6 Å². The first-order valence-corrected chi connectivity index (χ1v) is 5.78. The Morgan fingerprint density at radius 1 is 1.47 bits per heavy atom. The summed E-state index contributed by atoms with van der Waals surface area (Å²) >= 11 is 0. The fraction of sp³-hybridized carbons (Fsp3) is 0.636. The van der Waals surface area contributed by atoms with E-state index in [1.165, 1.54) is 0 Å². The van der Waals surface area contributed by atoms with Gasteiger partial charge in [-0.25, -0.2) is 9.37 Å². The predicted molar refractivity (Wildman–Crippen MR) is 65.7 cm³/mol. The lowest BCUT2D eigenvalue weighted by Gasteiger charge is -2.15. The van der Waals surface area contributed by atoms with Crippen LogP contribution in [0.4, 0.5) is 16.2 Å². The lowest BCUT2D eigenvalue weighted by Crippen LogP contribution is -2.23. The molecule has 0 aromatic carbocycles. The number of halogens is 1. The van der Waals surface area contributed by atoms with Crippen molar-refractivity contribution in [3.05, 3.63) is 12.0 Å². The van der Waals surface area contributed by atoms with Gasteiger partial charge in [-0.1, -0.05) is 0 Å². The van der Waals surface area contributed by atoms with Crippen molar-refractivity contribution in [1.29, 1.82) is 0 Å². The van der Waals surface area contributed by atoms with Gasteiger partial charge < -0.3 is 15.4 Å². The molecule has 1 rings (SSSR count). The van der Waals surface area contributed by atoms with E-state index >= 15 is 0 Å². The molecule has 1 aromatic rings. The summed E-state index contributed by atoms with van der Waals surface area (Å²) in [5.41, 5.74) is 0. The van der Waals surface area contributed by atoms with Crippen LogP contribution in [0.15, 0.2) is 6.20 Å². The van der Waals surface area contributed by atoms with Gasteiger partial charge in [0, 0.05) is 19.2 Å². The van der Waals surface area contributed by atoms with Gasteiger partial charge in [0.25, 0.3) is 0 Å². The van der Waals surface area contributed by atoms with Gasteiger partial charge in [0.2, 0.25) is 5.95 Å². The Labute approximate surface area is 101 Å². The van der Waals surface area contributed by atoms with Crippen LogP contribution in [0.2, 0.25) is 0 Å². The highest BCUT2D eigenvalue weighted by molar-refractivity contribution is 5.41. The molecule has 0 aliphatic heterocycles. The quantitative estimate of drug-likeness (QED) is 0.764. The minimum Gasteiger partial charge on any atom is -0.380 e. The maximum atomic E-state index is 13.4. The molecule has 0 spiro atoms. The smallest absolute Gasteiger partial charge is 0.224 e. The molecule has 0 saturated carbocycles. The van der Waals surface area contributed by atoms with E-state index in [9.17, 15) is 4.39 Å². The predicted octanol–water partition coefficient (Wildman–Crippen LogP) is 1.88. The van der Waals surface area contributed by atoms with Crippen LogP contribution in [0, 0.1) is 5.82 Å². The molecule has 6 heteroatoms. The Hall–Kier alpha value is -1.43. The summed E-state index contributed by atoms with van der Waals surface area (Å²) < 4.78 is 18.7. The van der Waals surface area contributed by atoms with Crippen LogP contribution in [-0.2, 0) is 4.74 Å². The van der Waals surface area contributed by atoms with E-state index in [4.69, 9.17) is 4.74 Å². The molecule has 1 unspecified atom stereocenters. The maximum Gasteiger partial charge on any atom is 0.224 e. The first kappa shape index (κ1) is 13.6. The Bertz CT molecular complexity index is 348. The van der Waals surface area contributed by atoms with Gasteiger partial charge in [-0.05, 0) is 20.8 Å². The molecular weight excluding hydrogens is 223 g/mol. The highest BCUT2D eigenvalue weighted by atomic mass is 19.1. The minimum absolute atomic E-state index is 0.00572. The number of hydrogen-bond acceptors (Lipinski definition) is 5. The molecule has 0 aliphatic rings. The second-order valence-corrected chi connectivity index (χ2v) is 3.63. The molecule has 5 nitrogen and oxygen atoms in total. The first-order chi connectivity index (χ1) is 8.17. The van der Waals surface area contributed by atoms with Gasteiger partial charge in [-0.2, -0.15) is 4.98 Å². The molecule has 0 bridgehead atoms. The van der Waals surface area contributed by atoms with Gasteiger partial charge in [0.05, 0.1) is 12.8 Å². The SMILES string of the molecule is CCNc1ncc(F)c(NC(C)COCC)n1. The summed E-state index contributed by atoms with van der Waals surface area (Å²) in [5, 5.41) is 5.88. The summed E-state index contributed by atoms with van der Waals surface area (Å²) in [6.07, 6.45) is 1.15. The molecule has 17 heavy (non-hydrogen) atoms. The molecule has 2 N–H and O–H groups in total. The summed E-state index contributed by atoms with van der Waals surface area (Å²) in [6, 6.07) is -0.00572. The third kappa shape index (κ3) is 4.52. The third-order valence-electron chi connectivity index (χ3n) is 2.03. The largest absolute Gasteiger partial charge is 0.380 e. The average Bonchev–Trinajstić information content (AvgIpc) is 2.31. The highest BCUT2D eigenvalue weighted by Gasteiger charge is 2.09. The number of hydrogen-bond donors (Lipinski definition) is 2. The van der Waals surface area contributed by atoms with Crippen molar-refractivity contribution < 1.29 is 9.13 Å². The lowest BCUT2D eigenvalue weighted by atomic mass is 10.3. The van der Waals surface area contributed by atoms with Gasteiger partial charge in [-0.3, -0.25) is 0 Å². The lowest BCUT2D eigenvalue weighted by molar-refractivity contribution is 0.141. The van der Waals surface area contributed by atoms with Crippen molar-refractivity contribution in [2.24, 2.45) is 0 Å². The zero-order valence-corrected chi connectivity index (χ0v) is 10.5. The van der Waals surface area contributed by atoms with Crippen LogP contribution in [0.25, 0.3) is 0 Å². The Morgan fingerprint density at radius 3 is 2.88 bits per heavy atom. The zero-order valence-electron chi connectivity index (χ0n) is 10.5. The van der Waals surface area contributed by atoms with Crippen molar-refractivity contribution >= 4 is 11.8 Å². The number of aromatic nitrogens is 2. The Morgan fingerprint density at radius 2 is 2.24 bits per heavy atom. The normalized spacial score (nSPS) is 12.2. The molecule has 0 amide bonds. The third-order valence-corrected chi connectivity index (χ3v) is 2.03. The van der Waals surface area contributed by atoms with E-state index in [0.717, 1.165) is 6.20 Å². The summed E-state index contributed by atoms with van der Waals surface area (Å²) in [7, 11) is 0. The molecule has 0 saturated heterocycles. The van der Waals surface area contributed by atoms with Gasteiger partial charge >= 0.3 is 0 Å². The fourth-order valence-corrected chi connectivity index (χ4v) is 1.28. The monoisotopic (exact) mass is 242 g/mol. The molecule has 0 aliphatic carbocycles. The van der Waals surface area contributed by atoms with Gasteiger partial charge in [-0.15, -0.1) is 0 Å². The number of nitrogens with zero attached hydrogens (tertiary/aromatic N) is 2. The molecular formula is C11H19FN4O.